The zero-order valence-electron chi connectivity index (χ0n) is 17.3. The molecular formula is C20H24N8O4. The molecule has 2 aromatic heterocycles. The molecule has 0 saturated carbocycles. The van der Waals surface area contributed by atoms with Crippen LogP contribution < -0.4 is 22.1 Å². The number of aromatic nitrogens is 4. The lowest BCUT2D eigenvalue weighted by molar-refractivity contribution is -0.137. The van der Waals surface area contributed by atoms with Crippen LogP contribution in [0.5, 0.6) is 0 Å². The summed E-state index contributed by atoms with van der Waals surface area (Å²) in [4.78, 5) is 39.6. The molecule has 2 unspecified atom stereocenters. The van der Waals surface area contributed by atoms with Crippen LogP contribution in [0.4, 0.5) is 17.5 Å². The number of aliphatic hydroxyl groups is 1. The Kier molecular flexibility index (Phi) is 6.95. The number of aliphatic carboxylic acids is 1. The van der Waals surface area contributed by atoms with Crippen molar-refractivity contribution < 1.29 is 19.8 Å². The van der Waals surface area contributed by atoms with Gasteiger partial charge in [-0.15, -0.1) is 0 Å². The van der Waals surface area contributed by atoms with E-state index < -0.39 is 24.0 Å². The number of nitrogens with two attached hydrogens (primary N) is 2. The summed E-state index contributed by atoms with van der Waals surface area (Å²) in [5.74, 6) is -1.21. The van der Waals surface area contributed by atoms with Gasteiger partial charge < -0.3 is 32.3 Å². The van der Waals surface area contributed by atoms with Gasteiger partial charge in [0.2, 0.25) is 5.95 Å². The second-order valence-corrected chi connectivity index (χ2v) is 7.18. The van der Waals surface area contributed by atoms with Crippen LogP contribution in [0.3, 0.4) is 0 Å². The van der Waals surface area contributed by atoms with Crippen molar-refractivity contribution >= 4 is 40.5 Å². The average Bonchev–Trinajstić information content (AvgIpc) is 2.75. The standard InChI is InChI=1S/C20H24N8O4/c1-10(29)14(6-7-15(30)31)26-19(32)11-2-4-12(5-3-11)23-8-13-9-24-18-16(25-13)17(21)27-20(22)28-18/h2-5,9-10,14,23,29H,6-8H2,1H3,(H,26,32)(H,30,31)(H4,21,22,24,27,28). The molecule has 12 heteroatoms. The Labute approximate surface area is 183 Å². The van der Waals surface area contributed by atoms with Gasteiger partial charge in [-0.05, 0) is 37.6 Å². The predicted molar refractivity (Wildman–Crippen MR) is 118 cm³/mol. The Bertz CT molecular complexity index is 1120. The first-order valence-corrected chi connectivity index (χ1v) is 9.82. The molecule has 3 rings (SSSR count). The van der Waals surface area contributed by atoms with E-state index in [-0.39, 0.29) is 24.6 Å². The first-order valence-electron chi connectivity index (χ1n) is 9.82. The zero-order valence-corrected chi connectivity index (χ0v) is 17.3. The van der Waals surface area contributed by atoms with Gasteiger partial charge in [0, 0.05) is 17.7 Å². The first kappa shape index (κ1) is 22.6. The van der Waals surface area contributed by atoms with E-state index in [0.29, 0.717) is 29.0 Å². The maximum atomic E-state index is 12.4. The van der Waals surface area contributed by atoms with Gasteiger partial charge in [0.05, 0.1) is 30.6 Å². The zero-order chi connectivity index (χ0) is 23.3. The fourth-order valence-electron chi connectivity index (χ4n) is 2.96. The molecule has 1 aromatic carbocycles. The molecular weight excluding hydrogens is 416 g/mol. The number of carbonyl (C=O) groups is 2. The minimum absolute atomic E-state index is 0.0287. The van der Waals surface area contributed by atoms with E-state index in [1.807, 2.05) is 0 Å². The van der Waals surface area contributed by atoms with E-state index >= 15 is 0 Å². The maximum Gasteiger partial charge on any atom is 0.303 e. The molecule has 0 aliphatic rings. The molecule has 8 N–H and O–H groups in total. The molecule has 0 fully saturated rings. The van der Waals surface area contributed by atoms with E-state index in [4.69, 9.17) is 16.6 Å². The van der Waals surface area contributed by atoms with Crippen LogP contribution in [-0.4, -0.2) is 54.2 Å². The number of nitrogen functional groups attached to an aromatic ring is 2. The fraction of sp³-hybridized carbons (Fsp3) is 0.300. The fourth-order valence-corrected chi connectivity index (χ4v) is 2.96. The van der Waals surface area contributed by atoms with Crippen molar-refractivity contribution in [3.8, 4) is 0 Å². The largest absolute Gasteiger partial charge is 0.481 e. The Morgan fingerprint density at radius 2 is 1.84 bits per heavy atom. The molecule has 32 heavy (non-hydrogen) atoms. The molecule has 0 bridgehead atoms. The minimum Gasteiger partial charge on any atom is -0.481 e. The van der Waals surface area contributed by atoms with Crippen molar-refractivity contribution in [1.82, 2.24) is 25.3 Å². The number of fused-ring (bicyclic) bond motifs is 1. The SMILES string of the molecule is CC(O)C(CCC(=O)O)NC(=O)c1ccc(NCc2cnc3nc(N)nc(N)c3n2)cc1. The highest BCUT2D eigenvalue weighted by atomic mass is 16.4. The number of amides is 1. The first-order chi connectivity index (χ1) is 15.2. The van der Waals surface area contributed by atoms with Gasteiger partial charge in [-0.25, -0.2) is 9.97 Å². The summed E-state index contributed by atoms with van der Waals surface area (Å²) in [6, 6.07) is 6.02. The summed E-state index contributed by atoms with van der Waals surface area (Å²) in [5.41, 5.74) is 13.8. The maximum absolute atomic E-state index is 12.4. The summed E-state index contributed by atoms with van der Waals surface area (Å²) in [6.07, 6.45) is 0.656. The summed E-state index contributed by atoms with van der Waals surface area (Å²) in [5, 5.41) is 24.4. The number of aliphatic hydroxyl groups excluding tert-OH is 1. The highest BCUT2D eigenvalue weighted by molar-refractivity contribution is 5.94. The van der Waals surface area contributed by atoms with Gasteiger partial charge in [-0.1, -0.05) is 0 Å². The van der Waals surface area contributed by atoms with Gasteiger partial charge in [-0.3, -0.25) is 9.59 Å². The number of rotatable bonds is 9. The summed E-state index contributed by atoms with van der Waals surface area (Å²) in [6.45, 7) is 1.85. The predicted octanol–water partition coefficient (Wildman–Crippen LogP) is 0.540. The number of carboxylic acid groups (broad SMARTS) is 1. The molecule has 0 aliphatic carbocycles. The molecule has 2 heterocycles. The van der Waals surface area contributed by atoms with Crippen LogP contribution in [0.1, 0.15) is 35.8 Å². The van der Waals surface area contributed by atoms with E-state index in [0.717, 1.165) is 5.69 Å². The van der Waals surface area contributed by atoms with Crippen molar-refractivity contribution in [3.63, 3.8) is 0 Å². The lowest BCUT2D eigenvalue weighted by Gasteiger charge is -2.21. The Morgan fingerprint density at radius 1 is 1.12 bits per heavy atom. The van der Waals surface area contributed by atoms with Crippen LogP contribution in [0, 0.1) is 0 Å². The number of carbonyl (C=O) groups excluding carboxylic acids is 1. The number of anilines is 3. The molecule has 0 radical (unpaired) electrons. The molecule has 0 spiro atoms. The number of benzene rings is 1. The summed E-state index contributed by atoms with van der Waals surface area (Å²) < 4.78 is 0. The highest BCUT2D eigenvalue weighted by Crippen LogP contribution is 2.16. The van der Waals surface area contributed by atoms with Crippen molar-refractivity contribution in [1.29, 1.82) is 0 Å². The Hall–Kier alpha value is -4.06. The Balaban J connectivity index is 1.61. The number of nitrogens with one attached hydrogen (secondary N) is 2. The van der Waals surface area contributed by atoms with Crippen LogP contribution in [-0.2, 0) is 11.3 Å². The number of carboxylic acids is 1. The third-order valence-electron chi connectivity index (χ3n) is 4.69. The minimum atomic E-state index is -0.990. The Morgan fingerprint density at radius 3 is 2.50 bits per heavy atom. The molecule has 2 atom stereocenters. The summed E-state index contributed by atoms with van der Waals surface area (Å²) in [7, 11) is 0. The second kappa shape index (κ2) is 9.83. The quantitative estimate of drug-likeness (QED) is 0.271. The topological polar surface area (TPSA) is 202 Å². The van der Waals surface area contributed by atoms with E-state index in [2.05, 4.69) is 30.6 Å². The van der Waals surface area contributed by atoms with Gasteiger partial charge in [0.15, 0.2) is 17.0 Å². The smallest absolute Gasteiger partial charge is 0.303 e. The number of nitrogens with zero attached hydrogens (tertiary/aromatic N) is 4. The van der Waals surface area contributed by atoms with Crippen molar-refractivity contribution in [2.24, 2.45) is 0 Å². The molecule has 12 nitrogen and oxygen atoms in total. The van der Waals surface area contributed by atoms with E-state index in [1.165, 1.54) is 6.92 Å². The van der Waals surface area contributed by atoms with Crippen LogP contribution in [0.2, 0.25) is 0 Å². The second-order valence-electron chi connectivity index (χ2n) is 7.18. The molecule has 168 valence electrons. The molecule has 0 aliphatic heterocycles. The van der Waals surface area contributed by atoms with Gasteiger partial charge in [-0.2, -0.15) is 9.97 Å². The number of hydrogen-bond acceptors (Lipinski definition) is 10. The highest BCUT2D eigenvalue weighted by Gasteiger charge is 2.19. The van der Waals surface area contributed by atoms with Crippen molar-refractivity contribution in [2.75, 3.05) is 16.8 Å². The average molecular weight is 440 g/mol. The normalized spacial score (nSPS) is 12.8. The third kappa shape index (κ3) is 5.76. The van der Waals surface area contributed by atoms with E-state index in [9.17, 15) is 14.7 Å². The van der Waals surface area contributed by atoms with Crippen LogP contribution in [0.25, 0.3) is 11.2 Å². The van der Waals surface area contributed by atoms with Crippen LogP contribution >= 0.6 is 0 Å². The van der Waals surface area contributed by atoms with Crippen molar-refractivity contribution in [3.05, 3.63) is 41.7 Å². The summed E-state index contributed by atoms with van der Waals surface area (Å²) >= 11 is 0. The lowest BCUT2D eigenvalue weighted by Crippen LogP contribution is -2.42. The number of hydrogen-bond donors (Lipinski definition) is 6. The molecule has 1 amide bonds. The molecule has 3 aromatic rings. The van der Waals surface area contributed by atoms with Gasteiger partial charge in [0.1, 0.15) is 0 Å². The monoisotopic (exact) mass is 440 g/mol. The van der Waals surface area contributed by atoms with E-state index in [1.54, 1.807) is 30.5 Å². The van der Waals surface area contributed by atoms with Crippen LogP contribution in [0.15, 0.2) is 30.5 Å². The molecule has 0 saturated heterocycles. The van der Waals surface area contributed by atoms with Gasteiger partial charge in [0.25, 0.3) is 5.91 Å². The third-order valence-corrected chi connectivity index (χ3v) is 4.69. The van der Waals surface area contributed by atoms with Crippen molar-refractivity contribution in [2.45, 2.75) is 38.5 Å². The lowest BCUT2D eigenvalue weighted by atomic mass is 10.1. The van der Waals surface area contributed by atoms with Gasteiger partial charge >= 0.3 is 5.97 Å².